The Hall–Kier alpha value is -2.63. The monoisotopic (exact) mass is 370 g/mol. The van der Waals surface area contributed by atoms with Gasteiger partial charge in [-0.15, -0.1) is 0 Å². The van der Waals surface area contributed by atoms with Crippen molar-refractivity contribution >= 4 is 11.8 Å². The molecular weight excluding hydrogens is 340 g/mol. The number of hydrogen-bond acceptors (Lipinski definition) is 3. The molecule has 1 heterocycles. The maximum atomic E-state index is 12.5. The number of aromatic nitrogens is 2. The molecule has 2 amide bonds. The molecule has 0 fully saturated rings. The highest BCUT2D eigenvalue weighted by Crippen LogP contribution is 2.23. The lowest BCUT2D eigenvalue weighted by Crippen LogP contribution is -2.27. The number of amides is 2. The highest BCUT2D eigenvalue weighted by molar-refractivity contribution is 5.94. The first-order valence-electron chi connectivity index (χ1n) is 9.39. The Bertz CT molecular complexity index is 799. The van der Waals surface area contributed by atoms with Gasteiger partial charge in [-0.1, -0.05) is 26.0 Å². The van der Waals surface area contributed by atoms with Crippen molar-refractivity contribution in [2.24, 2.45) is 0 Å². The molecule has 0 radical (unpaired) electrons. The second-order valence-corrected chi connectivity index (χ2v) is 7.93. The van der Waals surface area contributed by atoms with Crippen molar-refractivity contribution in [3.63, 3.8) is 0 Å². The molecule has 0 bridgehead atoms. The van der Waals surface area contributed by atoms with E-state index < -0.39 is 0 Å². The van der Waals surface area contributed by atoms with Crippen LogP contribution in [0.5, 0.6) is 0 Å². The highest BCUT2D eigenvalue weighted by atomic mass is 16.2. The first kappa shape index (κ1) is 20.7. The van der Waals surface area contributed by atoms with E-state index in [1.54, 1.807) is 12.1 Å². The van der Waals surface area contributed by atoms with Gasteiger partial charge in [0.1, 0.15) is 5.69 Å². The van der Waals surface area contributed by atoms with Gasteiger partial charge in [0.05, 0.1) is 5.54 Å². The molecule has 6 nitrogen and oxygen atoms in total. The van der Waals surface area contributed by atoms with Crippen LogP contribution in [0, 0.1) is 0 Å². The maximum absolute atomic E-state index is 12.5. The molecule has 2 rings (SSSR count). The van der Waals surface area contributed by atoms with Crippen LogP contribution in [0.15, 0.2) is 30.3 Å². The third-order valence-corrected chi connectivity index (χ3v) is 4.20. The minimum Gasteiger partial charge on any atom is -0.352 e. The number of nitrogens with one attached hydrogen (secondary N) is 2. The first-order valence-corrected chi connectivity index (χ1v) is 9.39. The Morgan fingerprint density at radius 3 is 2.19 bits per heavy atom. The Morgan fingerprint density at radius 1 is 1.07 bits per heavy atom. The minimum atomic E-state index is -0.201. The molecule has 0 saturated heterocycles. The number of rotatable bonds is 6. The number of carbonyl (C=O) groups is 2. The van der Waals surface area contributed by atoms with Crippen molar-refractivity contribution < 1.29 is 9.59 Å². The molecule has 0 aliphatic carbocycles. The summed E-state index contributed by atoms with van der Waals surface area (Å²) in [6, 6.07) is 9.08. The quantitative estimate of drug-likeness (QED) is 0.818. The van der Waals surface area contributed by atoms with Crippen molar-refractivity contribution in [1.29, 1.82) is 0 Å². The van der Waals surface area contributed by atoms with E-state index >= 15 is 0 Å². The molecule has 0 aliphatic rings. The third-order valence-electron chi connectivity index (χ3n) is 4.20. The summed E-state index contributed by atoms with van der Waals surface area (Å²) in [7, 11) is 0. The van der Waals surface area contributed by atoms with Gasteiger partial charge in [-0.05, 0) is 57.4 Å². The summed E-state index contributed by atoms with van der Waals surface area (Å²) in [5, 5.41) is 10.2. The molecule has 0 spiro atoms. The van der Waals surface area contributed by atoms with Gasteiger partial charge in [0.2, 0.25) is 0 Å². The number of carbonyl (C=O) groups excluding carboxylic acids is 2. The fourth-order valence-corrected chi connectivity index (χ4v) is 2.76. The Morgan fingerprint density at radius 2 is 1.70 bits per heavy atom. The molecule has 0 atom stereocenters. The second-order valence-electron chi connectivity index (χ2n) is 7.93. The van der Waals surface area contributed by atoms with Gasteiger partial charge in [-0.25, -0.2) is 0 Å². The van der Waals surface area contributed by atoms with Gasteiger partial charge in [-0.3, -0.25) is 14.3 Å². The first-order chi connectivity index (χ1) is 12.6. The maximum Gasteiger partial charge on any atom is 0.272 e. The summed E-state index contributed by atoms with van der Waals surface area (Å²) >= 11 is 0. The Labute approximate surface area is 161 Å². The average Bonchev–Trinajstić information content (AvgIpc) is 3.06. The zero-order valence-electron chi connectivity index (χ0n) is 17.1. The number of nitrogens with zero attached hydrogens (tertiary/aromatic N) is 2. The molecule has 0 unspecified atom stereocenters. The molecule has 1 aromatic carbocycles. The fourth-order valence-electron chi connectivity index (χ4n) is 2.76. The van der Waals surface area contributed by atoms with Crippen LogP contribution >= 0.6 is 0 Å². The smallest absolute Gasteiger partial charge is 0.272 e. The van der Waals surface area contributed by atoms with E-state index in [2.05, 4.69) is 50.4 Å². The van der Waals surface area contributed by atoms with E-state index in [-0.39, 0.29) is 23.3 Å². The van der Waals surface area contributed by atoms with Gasteiger partial charge >= 0.3 is 0 Å². The summed E-state index contributed by atoms with van der Waals surface area (Å²) in [5.74, 6) is -0.0187. The molecule has 0 aliphatic heterocycles. The summed E-state index contributed by atoms with van der Waals surface area (Å²) in [5.41, 5.74) is 2.81. The van der Waals surface area contributed by atoms with E-state index in [0.717, 1.165) is 11.3 Å². The van der Waals surface area contributed by atoms with Crippen LogP contribution in [0.4, 0.5) is 0 Å². The van der Waals surface area contributed by atoms with E-state index in [4.69, 9.17) is 0 Å². The normalized spacial score (nSPS) is 11.5. The second kappa shape index (κ2) is 8.37. The standard InChI is InChI=1S/C21H30N4O2/c1-7-22-19(26)16-10-8-15(9-11-16)13-23-20(27)17-12-18(14(2)3)25(24-17)21(4,5)6/h8-12,14H,7,13H2,1-6H3,(H,22,26)(H,23,27). The van der Waals surface area contributed by atoms with Crippen LogP contribution in [0.1, 0.15) is 79.6 Å². The number of hydrogen-bond donors (Lipinski definition) is 2. The van der Waals surface area contributed by atoms with Crippen molar-refractivity contribution in [3.05, 3.63) is 52.8 Å². The van der Waals surface area contributed by atoms with Gasteiger partial charge in [0.15, 0.2) is 0 Å². The summed E-state index contributed by atoms with van der Waals surface area (Å²) < 4.78 is 1.92. The molecule has 0 saturated carbocycles. The van der Waals surface area contributed by atoms with Gasteiger partial charge in [-0.2, -0.15) is 5.10 Å². The SMILES string of the molecule is CCNC(=O)c1ccc(CNC(=O)c2cc(C(C)C)n(C(C)(C)C)n2)cc1. The van der Waals surface area contributed by atoms with Crippen LogP contribution in [0.25, 0.3) is 0 Å². The molecule has 2 N–H and O–H groups in total. The molecule has 146 valence electrons. The van der Waals surface area contributed by atoms with Crippen molar-refractivity contribution in [2.45, 2.75) is 59.5 Å². The van der Waals surface area contributed by atoms with E-state index in [1.807, 2.05) is 29.8 Å². The Kier molecular flexibility index (Phi) is 6.41. The summed E-state index contributed by atoms with van der Waals surface area (Å²) in [6.45, 7) is 13.3. The topological polar surface area (TPSA) is 76.0 Å². The van der Waals surface area contributed by atoms with E-state index in [0.29, 0.717) is 24.3 Å². The van der Waals surface area contributed by atoms with Gasteiger partial charge < -0.3 is 10.6 Å². The Balaban J connectivity index is 2.07. The van der Waals surface area contributed by atoms with Gasteiger partial charge in [0, 0.05) is 24.3 Å². The van der Waals surface area contributed by atoms with Crippen LogP contribution in [-0.4, -0.2) is 28.1 Å². The molecule has 2 aromatic rings. The average molecular weight is 370 g/mol. The summed E-state index contributed by atoms with van der Waals surface area (Å²) in [6.07, 6.45) is 0. The van der Waals surface area contributed by atoms with Gasteiger partial charge in [0.25, 0.3) is 11.8 Å². The zero-order valence-corrected chi connectivity index (χ0v) is 17.1. The van der Waals surface area contributed by atoms with Crippen LogP contribution < -0.4 is 10.6 Å². The third kappa shape index (κ3) is 5.18. The van der Waals surface area contributed by atoms with Crippen LogP contribution in [-0.2, 0) is 12.1 Å². The van der Waals surface area contributed by atoms with Crippen molar-refractivity contribution in [3.8, 4) is 0 Å². The van der Waals surface area contributed by atoms with Crippen LogP contribution in [0.3, 0.4) is 0 Å². The molecule has 6 heteroatoms. The van der Waals surface area contributed by atoms with Crippen LogP contribution in [0.2, 0.25) is 0 Å². The lowest BCUT2D eigenvalue weighted by molar-refractivity contribution is 0.0939. The lowest BCUT2D eigenvalue weighted by Gasteiger charge is -2.23. The molecule has 1 aromatic heterocycles. The predicted octanol–water partition coefficient (Wildman–Crippen LogP) is 3.44. The number of benzene rings is 1. The largest absolute Gasteiger partial charge is 0.352 e. The summed E-state index contributed by atoms with van der Waals surface area (Å²) in [4.78, 5) is 24.3. The molecule has 27 heavy (non-hydrogen) atoms. The van der Waals surface area contributed by atoms with Crippen molar-refractivity contribution in [2.75, 3.05) is 6.54 Å². The molecular formula is C21H30N4O2. The van der Waals surface area contributed by atoms with E-state index in [1.165, 1.54) is 0 Å². The fraction of sp³-hybridized carbons (Fsp3) is 0.476. The lowest BCUT2D eigenvalue weighted by atomic mass is 10.1. The highest BCUT2D eigenvalue weighted by Gasteiger charge is 2.23. The minimum absolute atomic E-state index is 0.0954. The van der Waals surface area contributed by atoms with Crippen molar-refractivity contribution in [1.82, 2.24) is 20.4 Å². The van der Waals surface area contributed by atoms with E-state index in [9.17, 15) is 9.59 Å². The predicted molar refractivity (Wildman–Crippen MR) is 107 cm³/mol. The zero-order chi connectivity index (χ0) is 20.2.